The summed E-state index contributed by atoms with van der Waals surface area (Å²) in [5.74, 6) is -0.891. The molecule has 0 aliphatic heterocycles. The Morgan fingerprint density at radius 2 is 0.568 bits per heavy atom. The van der Waals surface area contributed by atoms with Crippen LogP contribution in [0.4, 0.5) is 0 Å². The van der Waals surface area contributed by atoms with Crippen molar-refractivity contribution in [2.75, 3.05) is 0 Å². The molecule has 0 saturated carbocycles. The van der Waals surface area contributed by atoms with Gasteiger partial charge in [-0.05, 0) is 38.5 Å². The molecule has 0 radical (unpaired) electrons. The van der Waals surface area contributed by atoms with E-state index in [2.05, 4.69) is 37.5 Å². The van der Waals surface area contributed by atoms with Crippen molar-refractivity contribution >= 4 is 0 Å². The summed E-state index contributed by atoms with van der Waals surface area (Å²) >= 11 is 0. The average molecular weight is 631 g/mol. The summed E-state index contributed by atoms with van der Waals surface area (Å²) < 4.78 is 0. The zero-order valence-electron chi connectivity index (χ0n) is 30.5. The maximum atomic E-state index is 9.48. The van der Waals surface area contributed by atoms with Gasteiger partial charge >= 0.3 is 0 Å². The van der Waals surface area contributed by atoms with Gasteiger partial charge in [-0.25, -0.2) is 20.3 Å². The van der Waals surface area contributed by atoms with Gasteiger partial charge in [-0.3, -0.25) is 0 Å². The average Bonchev–Trinajstić information content (AvgIpc) is 3.00. The van der Waals surface area contributed by atoms with E-state index in [0.717, 1.165) is 37.5 Å². The molecule has 0 rings (SSSR count). The predicted octanol–water partition coefficient (Wildman–Crippen LogP) is 13.6. The molecule has 0 heterocycles. The van der Waals surface area contributed by atoms with Crippen LogP contribution < -0.4 is 0 Å². The largest absolute Gasteiger partial charge is 0.249 e. The van der Waals surface area contributed by atoms with E-state index in [-0.39, 0.29) is 0 Å². The second kappa shape index (κ2) is 30.1. The Bertz CT molecular complexity index is 536. The Morgan fingerprint density at radius 3 is 0.773 bits per heavy atom. The maximum Gasteiger partial charge on any atom is 0.231 e. The zero-order valence-corrected chi connectivity index (χ0v) is 30.5. The molecule has 6 heteroatoms. The van der Waals surface area contributed by atoms with Crippen LogP contribution in [-0.2, 0) is 19.6 Å². The molecule has 0 bridgehead atoms. The minimum absolute atomic E-state index is 0.500. The Balaban J connectivity index is 3.78. The summed E-state index contributed by atoms with van der Waals surface area (Å²) in [4.78, 5) is 20.2. The van der Waals surface area contributed by atoms with Crippen LogP contribution in [0.2, 0.25) is 0 Å². The van der Waals surface area contributed by atoms with Gasteiger partial charge in [0.15, 0.2) is 0 Å². The van der Waals surface area contributed by atoms with E-state index >= 15 is 0 Å². The van der Waals surface area contributed by atoms with Crippen molar-refractivity contribution in [2.45, 2.75) is 233 Å². The standard InChI is InChI=1S/C38H78O6/c1-35(2)31-27-23-19-15-11-7-9-13-17-21-25-29-33-37(5,41-39)43-44-38(6,42-40)34-30-26-22-18-14-10-8-12-16-20-24-28-32-36(3)4/h35-36,39-40H,7-34H2,1-6H3. The molecular formula is C38H78O6. The number of hydrogen-bond acceptors (Lipinski definition) is 6. The minimum atomic E-state index is -1.29. The third-order valence-electron chi connectivity index (χ3n) is 9.11. The predicted molar refractivity (Wildman–Crippen MR) is 185 cm³/mol. The first-order chi connectivity index (χ1) is 21.2. The van der Waals surface area contributed by atoms with Crippen LogP contribution in [0.5, 0.6) is 0 Å². The van der Waals surface area contributed by atoms with Crippen LogP contribution in [0.3, 0.4) is 0 Å². The maximum absolute atomic E-state index is 9.48. The monoisotopic (exact) mass is 631 g/mol. The van der Waals surface area contributed by atoms with Gasteiger partial charge in [-0.1, -0.05) is 182 Å². The molecule has 2 N–H and O–H groups in total. The SMILES string of the molecule is CC(C)CCCCCCCCCCCCCCC(C)(OO)OOC(C)(CCCCCCCCCCCCCCC(C)C)OO. The van der Waals surface area contributed by atoms with Gasteiger partial charge in [-0.15, -0.1) is 0 Å². The molecule has 0 aromatic carbocycles. The summed E-state index contributed by atoms with van der Waals surface area (Å²) in [7, 11) is 0. The second-order valence-corrected chi connectivity index (χ2v) is 15.0. The molecule has 0 saturated heterocycles. The van der Waals surface area contributed by atoms with Gasteiger partial charge in [0.2, 0.25) is 11.6 Å². The normalized spacial score (nSPS) is 14.9. The first-order valence-electron chi connectivity index (χ1n) is 19.2. The molecular weight excluding hydrogens is 552 g/mol. The first-order valence-corrected chi connectivity index (χ1v) is 19.2. The summed E-state index contributed by atoms with van der Waals surface area (Å²) in [5, 5.41) is 19.0. The highest BCUT2D eigenvalue weighted by atomic mass is 17.3. The van der Waals surface area contributed by atoms with Crippen molar-refractivity contribution in [3.63, 3.8) is 0 Å². The fourth-order valence-electron chi connectivity index (χ4n) is 5.91. The first kappa shape index (κ1) is 43.8. The van der Waals surface area contributed by atoms with E-state index in [1.807, 2.05) is 0 Å². The number of rotatable bonds is 35. The van der Waals surface area contributed by atoms with E-state index in [1.165, 1.54) is 141 Å². The van der Waals surface area contributed by atoms with Gasteiger partial charge < -0.3 is 0 Å². The molecule has 0 aliphatic rings. The Labute approximate surface area is 274 Å². The number of hydrogen-bond donors (Lipinski definition) is 2. The van der Waals surface area contributed by atoms with E-state index < -0.39 is 11.6 Å². The topological polar surface area (TPSA) is 77.4 Å². The third kappa shape index (κ3) is 29.2. The van der Waals surface area contributed by atoms with Crippen LogP contribution in [0.1, 0.15) is 221 Å². The summed E-state index contributed by atoms with van der Waals surface area (Å²) in [6.07, 6.45) is 34.3. The van der Waals surface area contributed by atoms with Crippen LogP contribution in [0.15, 0.2) is 0 Å². The summed E-state index contributed by atoms with van der Waals surface area (Å²) in [6, 6.07) is 0. The van der Waals surface area contributed by atoms with Gasteiger partial charge in [0.05, 0.1) is 0 Å². The lowest BCUT2D eigenvalue weighted by Gasteiger charge is -2.31. The molecule has 44 heavy (non-hydrogen) atoms. The molecule has 266 valence electrons. The molecule has 0 aromatic heterocycles. The van der Waals surface area contributed by atoms with Crippen molar-refractivity contribution < 1.29 is 30.1 Å². The lowest BCUT2D eigenvalue weighted by atomic mass is 10.0. The minimum Gasteiger partial charge on any atom is -0.249 e. The summed E-state index contributed by atoms with van der Waals surface area (Å²) in [6.45, 7) is 12.6. The molecule has 2 unspecified atom stereocenters. The molecule has 2 atom stereocenters. The molecule has 0 amide bonds. The van der Waals surface area contributed by atoms with Crippen molar-refractivity contribution in [1.82, 2.24) is 0 Å². The summed E-state index contributed by atoms with van der Waals surface area (Å²) in [5.41, 5.74) is 0. The zero-order chi connectivity index (χ0) is 32.8. The Morgan fingerprint density at radius 1 is 0.364 bits per heavy atom. The highest BCUT2D eigenvalue weighted by Gasteiger charge is 2.35. The van der Waals surface area contributed by atoms with Crippen LogP contribution in [-0.4, -0.2) is 22.1 Å². The van der Waals surface area contributed by atoms with Gasteiger partial charge in [0.1, 0.15) is 0 Å². The molecule has 0 spiro atoms. The van der Waals surface area contributed by atoms with Crippen molar-refractivity contribution in [3.8, 4) is 0 Å². The van der Waals surface area contributed by atoms with Crippen LogP contribution in [0.25, 0.3) is 0 Å². The van der Waals surface area contributed by atoms with Gasteiger partial charge in [0, 0.05) is 12.8 Å². The smallest absolute Gasteiger partial charge is 0.231 e. The van der Waals surface area contributed by atoms with E-state index in [0.29, 0.717) is 12.8 Å². The molecule has 0 aromatic rings. The fraction of sp³-hybridized carbons (Fsp3) is 1.00. The fourth-order valence-corrected chi connectivity index (χ4v) is 5.91. The number of unbranched alkanes of at least 4 members (excludes halogenated alkanes) is 22. The van der Waals surface area contributed by atoms with Crippen LogP contribution in [0, 0.1) is 11.8 Å². The highest BCUT2D eigenvalue weighted by Crippen LogP contribution is 2.28. The van der Waals surface area contributed by atoms with Crippen molar-refractivity contribution in [2.24, 2.45) is 11.8 Å². The van der Waals surface area contributed by atoms with Crippen molar-refractivity contribution in [1.29, 1.82) is 0 Å². The Kier molecular flexibility index (Phi) is 30.0. The second-order valence-electron chi connectivity index (χ2n) is 15.0. The lowest BCUT2D eigenvalue weighted by molar-refractivity contribution is -0.567. The van der Waals surface area contributed by atoms with E-state index in [9.17, 15) is 10.5 Å². The Hall–Kier alpha value is -0.240. The molecule has 0 fully saturated rings. The van der Waals surface area contributed by atoms with Crippen LogP contribution >= 0.6 is 0 Å². The molecule has 0 aliphatic carbocycles. The highest BCUT2D eigenvalue weighted by molar-refractivity contribution is 4.64. The quantitative estimate of drug-likeness (QED) is 0.0314. The van der Waals surface area contributed by atoms with E-state index in [4.69, 9.17) is 9.78 Å². The lowest BCUT2D eigenvalue weighted by Crippen LogP contribution is -2.39. The van der Waals surface area contributed by atoms with Gasteiger partial charge in [-0.2, -0.15) is 9.78 Å². The van der Waals surface area contributed by atoms with Crippen molar-refractivity contribution in [3.05, 3.63) is 0 Å². The third-order valence-corrected chi connectivity index (χ3v) is 9.11. The van der Waals surface area contributed by atoms with E-state index in [1.54, 1.807) is 13.8 Å². The van der Waals surface area contributed by atoms with Gasteiger partial charge in [0.25, 0.3) is 0 Å². The molecule has 6 nitrogen and oxygen atoms in total.